The molecule has 2 nitrogen and oxygen atoms in total. The fourth-order valence-corrected chi connectivity index (χ4v) is 1.48. The lowest BCUT2D eigenvalue weighted by Crippen LogP contribution is -2.48. The smallest absolute Gasteiger partial charge is 0.0252 e. The number of nitrogens with two attached hydrogens (primary N) is 1. The Hall–Kier alpha value is -0.0800. The summed E-state index contributed by atoms with van der Waals surface area (Å²) in [6.07, 6.45) is 3.55. The highest BCUT2D eigenvalue weighted by Crippen LogP contribution is 2.11. The van der Waals surface area contributed by atoms with Crippen LogP contribution in [0.2, 0.25) is 0 Å². The number of rotatable bonds is 6. The molecule has 2 atom stereocenters. The number of likely N-dealkylation sites (N-methyl/N-ethyl adjacent to an activating group) is 1. The summed E-state index contributed by atoms with van der Waals surface area (Å²) >= 11 is 0. The van der Waals surface area contributed by atoms with Gasteiger partial charge in [-0.2, -0.15) is 0 Å². The first-order chi connectivity index (χ1) is 5.93. The molecule has 0 aromatic carbocycles. The van der Waals surface area contributed by atoms with E-state index in [2.05, 4.69) is 39.6 Å². The van der Waals surface area contributed by atoms with Gasteiger partial charge in [0.1, 0.15) is 0 Å². The number of hydrogen-bond donors (Lipinski definition) is 1. The molecule has 0 aliphatic heterocycles. The highest BCUT2D eigenvalue weighted by Gasteiger charge is 2.20. The molecule has 0 heterocycles. The van der Waals surface area contributed by atoms with Crippen LogP contribution >= 0.6 is 0 Å². The van der Waals surface area contributed by atoms with Crippen LogP contribution in [0.25, 0.3) is 0 Å². The second-order valence-electron chi connectivity index (χ2n) is 4.56. The molecule has 0 rings (SSSR count). The van der Waals surface area contributed by atoms with Gasteiger partial charge >= 0.3 is 0 Å². The van der Waals surface area contributed by atoms with Gasteiger partial charge in [-0.1, -0.05) is 20.3 Å². The van der Waals surface area contributed by atoms with E-state index < -0.39 is 0 Å². The highest BCUT2D eigenvalue weighted by atomic mass is 15.1. The highest BCUT2D eigenvalue weighted by molar-refractivity contribution is 4.81. The maximum atomic E-state index is 6.11. The second kappa shape index (κ2) is 5.61. The maximum Gasteiger partial charge on any atom is 0.0252 e. The Morgan fingerprint density at radius 2 is 1.92 bits per heavy atom. The van der Waals surface area contributed by atoms with Crippen molar-refractivity contribution in [1.29, 1.82) is 0 Å². The summed E-state index contributed by atoms with van der Waals surface area (Å²) in [6.45, 7) is 9.77. The van der Waals surface area contributed by atoms with Gasteiger partial charge in [0, 0.05) is 18.1 Å². The quantitative estimate of drug-likeness (QED) is 0.689. The molecule has 0 aliphatic rings. The molecule has 0 amide bonds. The van der Waals surface area contributed by atoms with Crippen molar-refractivity contribution in [2.24, 2.45) is 5.73 Å². The van der Waals surface area contributed by atoms with Crippen LogP contribution in [0.4, 0.5) is 0 Å². The topological polar surface area (TPSA) is 29.3 Å². The van der Waals surface area contributed by atoms with Gasteiger partial charge in [0.25, 0.3) is 0 Å². The van der Waals surface area contributed by atoms with Gasteiger partial charge in [0.2, 0.25) is 0 Å². The van der Waals surface area contributed by atoms with Gasteiger partial charge in [-0.3, -0.25) is 0 Å². The van der Waals surface area contributed by atoms with Crippen LogP contribution in [0.15, 0.2) is 0 Å². The van der Waals surface area contributed by atoms with Crippen molar-refractivity contribution >= 4 is 0 Å². The molecule has 80 valence electrons. The molecule has 0 bridgehead atoms. The van der Waals surface area contributed by atoms with Crippen molar-refractivity contribution in [2.45, 2.75) is 58.5 Å². The molecule has 0 fully saturated rings. The van der Waals surface area contributed by atoms with Crippen molar-refractivity contribution < 1.29 is 0 Å². The van der Waals surface area contributed by atoms with E-state index in [1.165, 1.54) is 12.8 Å². The molecule has 0 spiro atoms. The summed E-state index contributed by atoms with van der Waals surface area (Å²) < 4.78 is 0. The van der Waals surface area contributed by atoms with Crippen LogP contribution in [0, 0.1) is 0 Å². The van der Waals surface area contributed by atoms with Gasteiger partial charge in [0.15, 0.2) is 0 Å². The third kappa shape index (κ3) is 5.27. The van der Waals surface area contributed by atoms with Crippen molar-refractivity contribution in [1.82, 2.24) is 4.90 Å². The third-order valence-corrected chi connectivity index (χ3v) is 2.88. The summed E-state index contributed by atoms with van der Waals surface area (Å²) in [7, 11) is 2.17. The molecular weight excluding hydrogens is 160 g/mol. The molecule has 0 saturated carbocycles. The first-order valence-corrected chi connectivity index (χ1v) is 5.42. The minimum Gasteiger partial charge on any atom is -0.324 e. The lowest BCUT2D eigenvalue weighted by atomic mass is 9.99. The molecule has 2 heteroatoms. The van der Waals surface area contributed by atoms with Crippen LogP contribution < -0.4 is 5.73 Å². The molecule has 0 aromatic heterocycles. The lowest BCUT2D eigenvalue weighted by Gasteiger charge is -2.33. The Morgan fingerprint density at radius 3 is 2.31 bits per heavy atom. The Morgan fingerprint density at radius 1 is 1.38 bits per heavy atom. The Balaban J connectivity index is 3.91. The van der Waals surface area contributed by atoms with E-state index >= 15 is 0 Å². The SMILES string of the molecule is CCCC(C)N(C)CC(C)(N)CC. The molecule has 0 aliphatic carbocycles. The lowest BCUT2D eigenvalue weighted by molar-refractivity contribution is 0.193. The Labute approximate surface area is 83.5 Å². The van der Waals surface area contributed by atoms with E-state index in [1.807, 2.05) is 0 Å². The van der Waals surface area contributed by atoms with Gasteiger partial charge in [-0.25, -0.2) is 0 Å². The molecule has 0 aromatic rings. The van der Waals surface area contributed by atoms with Gasteiger partial charge in [-0.05, 0) is 33.7 Å². The minimum atomic E-state index is -0.0310. The first kappa shape index (κ1) is 12.9. The van der Waals surface area contributed by atoms with E-state index in [4.69, 9.17) is 5.73 Å². The zero-order valence-corrected chi connectivity index (χ0v) is 9.93. The summed E-state index contributed by atoms with van der Waals surface area (Å²) in [6, 6.07) is 0.652. The van der Waals surface area contributed by atoms with Crippen molar-refractivity contribution in [3.63, 3.8) is 0 Å². The van der Waals surface area contributed by atoms with Crippen LogP contribution in [0.5, 0.6) is 0 Å². The normalized spacial score (nSPS) is 18.7. The van der Waals surface area contributed by atoms with Crippen molar-refractivity contribution in [2.75, 3.05) is 13.6 Å². The summed E-state index contributed by atoms with van der Waals surface area (Å²) in [5.41, 5.74) is 6.08. The van der Waals surface area contributed by atoms with E-state index in [0.29, 0.717) is 6.04 Å². The zero-order chi connectivity index (χ0) is 10.5. The largest absolute Gasteiger partial charge is 0.324 e. The molecule has 0 radical (unpaired) electrons. The van der Waals surface area contributed by atoms with Crippen LogP contribution in [-0.4, -0.2) is 30.1 Å². The Kier molecular flexibility index (Phi) is 5.57. The van der Waals surface area contributed by atoms with E-state index in [9.17, 15) is 0 Å². The van der Waals surface area contributed by atoms with E-state index in [-0.39, 0.29) is 5.54 Å². The second-order valence-corrected chi connectivity index (χ2v) is 4.56. The van der Waals surface area contributed by atoms with Crippen molar-refractivity contribution in [3.8, 4) is 0 Å². The minimum absolute atomic E-state index is 0.0310. The van der Waals surface area contributed by atoms with Gasteiger partial charge in [-0.15, -0.1) is 0 Å². The summed E-state index contributed by atoms with van der Waals surface area (Å²) in [4.78, 5) is 2.37. The van der Waals surface area contributed by atoms with Crippen LogP contribution in [-0.2, 0) is 0 Å². The molecule has 2 N–H and O–H groups in total. The zero-order valence-electron chi connectivity index (χ0n) is 9.93. The monoisotopic (exact) mass is 186 g/mol. The predicted molar refractivity (Wildman–Crippen MR) is 59.9 cm³/mol. The number of hydrogen-bond acceptors (Lipinski definition) is 2. The number of nitrogens with zero attached hydrogens (tertiary/aromatic N) is 1. The Bertz CT molecular complexity index is 132. The van der Waals surface area contributed by atoms with E-state index in [1.54, 1.807) is 0 Å². The fraction of sp³-hybridized carbons (Fsp3) is 1.00. The maximum absolute atomic E-state index is 6.11. The summed E-state index contributed by atoms with van der Waals surface area (Å²) in [5.74, 6) is 0. The molecule has 13 heavy (non-hydrogen) atoms. The standard InChI is InChI=1S/C11H26N2/c1-6-8-10(3)13(5)9-11(4,12)7-2/h10H,6-9,12H2,1-5H3. The van der Waals surface area contributed by atoms with Crippen LogP contribution in [0.3, 0.4) is 0 Å². The average molecular weight is 186 g/mol. The van der Waals surface area contributed by atoms with Gasteiger partial charge in [0.05, 0.1) is 0 Å². The van der Waals surface area contributed by atoms with E-state index in [0.717, 1.165) is 13.0 Å². The van der Waals surface area contributed by atoms with Crippen molar-refractivity contribution in [3.05, 3.63) is 0 Å². The fourth-order valence-electron chi connectivity index (χ4n) is 1.48. The molecule has 2 unspecified atom stereocenters. The van der Waals surface area contributed by atoms with Gasteiger partial charge < -0.3 is 10.6 Å². The predicted octanol–water partition coefficient (Wildman–Crippen LogP) is 2.23. The van der Waals surface area contributed by atoms with Crippen LogP contribution in [0.1, 0.15) is 47.0 Å². The summed E-state index contributed by atoms with van der Waals surface area (Å²) in [5, 5.41) is 0. The first-order valence-electron chi connectivity index (χ1n) is 5.42. The average Bonchev–Trinajstić information content (AvgIpc) is 2.04. The third-order valence-electron chi connectivity index (χ3n) is 2.88. The molecule has 0 saturated heterocycles. The molecular formula is C11H26N2.